The fraction of sp³-hybridized carbons (Fsp3) is 0.947. The van der Waals surface area contributed by atoms with Gasteiger partial charge >= 0.3 is 6.09 Å². The van der Waals surface area contributed by atoms with Gasteiger partial charge in [-0.25, -0.2) is 4.79 Å². The molecule has 0 aromatic heterocycles. The normalized spacial score (nSPS) is 28.4. The molecule has 1 saturated carbocycles. The molecule has 3 atom stereocenters. The zero-order valence-electron chi connectivity index (χ0n) is 16.8. The topological polar surface area (TPSA) is 70.0 Å². The van der Waals surface area contributed by atoms with Gasteiger partial charge < -0.3 is 19.5 Å². The van der Waals surface area contributed by atoms with Crippen molar-refractivity contribution in [2.75, 3.05) is 13.1 Å². The average molecular weight is 372 g/mol. The Kier molecular flexibility index (Phi) is 5.96. The summed E-state index contributed by atoms with van der Waals surface area (Å²) in [6.45, 7) is 14.5. The van der Waals surface area contributed by atoms with Crippen molar-refractivity contribution in [3.8, 4) is 0 Å². The van der Waals surface area contributed by atoms with E-state index in [2.05, 4.69) is 33.9 Å². The Morgan fingerprint density at radius 1 is 1.28 bits per heavy atom. The molecule has 1 heterocycles. The highest BCUT2D eigenvalue weighted by molar-refractivity contribution is 6.74. The van der Waals surface area contributed by atoms with Crippen LogP contribution in [-0.4, -0.2) is 54.8 Å². The molecule has 6 heteroatoms. The van der Waals surface area contributed by atoms with Crippen LogP contribution in [0.2, 0.25) is 18.1 Å². The fourth-order valence-corrected chi connectivity index (χ4v) is 5.87. The Balaban J connectivity index is 2.20. The van der Waals surface area contributed by atoms with Crippen LogP contribution in [0.25, 0.3) is 0 Å². The molecule has 5 nitrogen and oxygen atoms in total. The lowest BCUT2D eigenvalue weighted by molar-refractivity contribution is -0.0427. The minimum absolute atomic E-state index is 0.0361. The van der Waals surface area contributed by atoms with Gasteiger partial charge in [-0.05, 0) is 55.7 Å². The van der Waals surface area contributed by atoms with Crippen molar-refractivity contribution in [2.24, 2.45) is 11.3 Å². The molecule has 0 bridgehead atoms. The monoisotopic (exact) mass is 371 g/mol. The number of rotatable bonds is 4. The van der Waals surface area contributed by atoms with Crippen molar-refractivity contribution in [3.05, 3.63) is 0 Å². The van der Waals surface area contributed by atoms with E-state index in [1.807, 2.05) is 6.92 Å². The molecule has 2 rings (SSSR count). The molecule has 25 heavy (non-hydrogen) atoms. The first-order valence-electron chi connectivity index (χ1n) is 9.77. The largest absolute Gasteiger partial charge is 0.465 e. The lowest BCUT2D eigenvalue weighted by Gasteiger charge is -2.47. The molecule has 2 aliphatic rings. The summed E-state index contributed by atoms with van der Waals surface area (Å²) in [7, 11) is -1.90. The molecule has 2 N–H and O–H groups in total. The van der Waals surface area contributed by atoms with E-state index in [1.165, 1.54) is 4.90 Å². The number of piperidine rings is 1. The van der Waals surface area contributed by atoms with Crippen LogP contribution < -0.4 is 0 Å². The number of aliphatic hydroxyl groups is 1. The predicted octanol–water partition coefficient (Wildman–Crippen LogP) is 4.32. The maximum atomic E-state index is 11.2. The highest BCUT2D eigenvalue weighted by Crippen LogP contribution is 2.54. The Hall–Kier alpha value is -0.593. The fourth-order valence-electron chi connectivity index (χ4n) is 4.49. The van der Waals surface area contributed by atoms with Crippen molar-refractivity contribution in [2.45, 2.75) is 90.1 Å². The lowest BCUT2D eigenvalue weighted by atomic mass is 9.68. The van der Waals surface area contributed by atoms with Crippen molar-refractivity contribution < 1.29 is 19.4 Å². The molecule has 3 unspecified atom stereocenters. The molecule has 0 aromatic rings. The molecule has 146 valence electrons. The molecule has 2 fully saturated rings. The van der Waals surface area contributed by atoms with Gasteiger partial charge in [0.15, 0.2) is 8.32 Å². The number of carboxylic acid groups (broad SMARTS) is 1. The molecule has 0 radical (unpaired) electrons. The first-order chi connectivity index (χ1) is 11.4. The highest BCUT2D eigenvalue weighted by Gasteiger charge is 2.54. The van der Waals surface area contributed by atoms with Crippen LogP contribution in [0.15, 0.2) is 0 Å². The van der Waals surface area contributed by atoms with E-state index < -0.39 is 14.4 Å². The minimum atomic E-state index is -1.90. The zero-order chi connectivity index (χ0) is 19.0. The third-order valence-corrected chi connectivity index (χ3v) is 11.7. The zero-order valence-corrected chi connectivity index (χ0v) is 17.8. The van der Waals surface area contributed by atoms with E-state index in [-0.39, 0.29) is 28.6 Å². The van der Waals surface area contributed by atoms with E-state index in [4.69, 9.17) is 4.43 Å². The summed E-state index contributed by atoms with van der Waals surface area (Å²) in [5.41, 5.74) is 0.0361. The van der Waals surface area contributed by atoms with Crippen molar-refractivity contribution in [3.63, 3.8) is 0 Å². The number of hydrogen-bond acceptors (Lipinski definition) is 3. The van der Waals surface area contributed by atoms with Gasteiger partial charge in [0, 0.05) is 19.0 Å². The van der Waals surface area contributed by atoms with Gasteiger partial charge in [0.05, 0.1) is 12.2 Å². The van der Waals surface area contributed by atoms with Crippen LogP contribution in [-0.2, 0) is 4.43 Å². The van der Waals surface area contributed by atoms with Gasteiger partial charge in [0.2, 0.25) is 0 Å². The van der Waals surface area contributed by atoms with Gasteiger partial charge in [0.25, 0.3) is 0 Å². The maximum absolute atomic E-state index is 11.2. The summed E-state index contributed by atoms with van der Waals surface area (Å²) in [5, 5.41) is 20.2. The first-order valence-corrected chi connectivity index (χ1v) is 12.7. The molecule has 1 aliphatic carbocycles. The van der Waals surface area contributed by atoms with Gasteiger partial charge in [-0.3, -0.25) is 0 Å². The van der Waals surface area contributed by atoms with Gasteiger partial charge in [0.1, 0.15) is 0 Å². The summed E-state index contributed by atoms with van der Waals surface area (Å²) in [6.07, 6.45) is 3.36. The van der Waals surface area contributed by atoms with E-state index in [9.17, 15) is 15.0 Å². The first kappa shape index (κ1) is 20.7. The number of hydrogen-bond donors (Lipinski definition) is 2. The van der Waals surface area contributed by atoms with Crippen LogP contribution in [0, 0.1) is 11.3 Å². The summed E-state index contributed by atoms with van der Waals surface area (Å²) in [5.74, 6) is 0.127. The van der Waals surface area contributed by atoms with Gasteiger partial charge in [-0.15, -0.1) is 0 Å². The number of nitrogens with zero attached hydrogens (tertiary/aromatic N) is 1. The Morgan fingerprint density at radius 3 is 2.28 bits per heavy atom. The van der Waals surface area contributed by atoms with Crippen LogP contribution in [0.3, 0.4) is 0 Å². The standard InChI is InChI=1S/C19H37NO4Si/c1-7-14(21)16-15(24-25(5,6)18(2,3)4)8-9-19(16)10-12-20(13-11-19)17(22)23/h14-16,21H,7-13H2,1-6H3,(H,22,23). The van der Waals surface area contributed by atoms with Crippen LogP contribution >= 0.6 is 0 Å². The van der Waals surface area contributed by atoms with Gasteiger partial charge in [-0.2, -0.15) is 0 Å². The Labute approximate surface area is 153 Å². The van der Waals surface area contributed by atoms with Gasteiger partial charge in [-0.1, -0.05) is 27.7 Å². The summed E-state index contributed by atoms with van der Waals surface area (Å²) < 4.78 is 6.75. The summed E-state index contributed by atoms with van der Waals surface area (Å²) >= 11 is 0. The molecular weight excluding hydrogens is 334 g/mol. The smallest absolute Gasteiger partial charge is 0.407 e. The third kappa shape index (κ3) is 4.06. The number of likely N-dealkylation sites (tertiary alicyclic amines) is 1. The van der Waals surface area contributed by atoms with Crippen LogP contribution in [0.5, 0.6) is 0 Å². The number of carbonyl (C=O) groups is 1. The summed E-state index contributed by atoms with van der Waals surface area (Å²) in [4.78, 5) is 12.8. The molecule has 1 saturated heterocycles. The molecular formula is C19H37NO4Si. The molecule has 1 amide bonds. The SMILES string of the molecule is CCC(O)C1C(O[Si](C)(C)C(C)(C)C)CCC12CCN(C(=O)O)CC2. The Bertz CT molecular complexity index is 480. The number of aliphatic hydroxyl groups excluding tert-OH is 1. The second kappa shape index (κ2) is 7.20. The van der Waals surface area contributed by atoms with E-state index in [1.54, 1.807) is 0 Å². The molecule has 1 spiro atoms. The van der Waals surface area contributed by atoms with E-state index in [0.29, 0.717) is 13.1 Å². The highest BCUT2D eigenvalue weighted by atomic mass is 28.4. The number of amides is 1. The predicted molar refractivity (Wildman–Crippen MR) is 102 cm³/mol. The third-order valence-electron chi connectivity index (χ3n) is 7.15. The second-order valence-corrected chi connectivity index (χ2v) is 14.3. The minimum Gasteiger partial charge on any atom is -0.465 e. The Morgan fingerprint density at radius 2 is 1.84 bits per heavy atom. The van der Waals surface area contributed by atoms with E-state index >= 15 is 0 Å². The van der Waals surface area contributed by atoms with Crippen LogP contribution in [0.1, 0.15) is 59.8 Å². The lowest BCUT2D eigenvalue weighted by Crippen LogP contribution is -2.51. The molecule has 1 aliphatic heterocycles. The van der Waals surface area contributed by atoms with Crippen molar-refractivity contribution >= 4 is 14.4 Å². The second-order valence-electron chi connectivity index (χ2n) is 9.59. The quantitative estimate of drug-likeness (QED) is 0.722. The maximum Gasteiger partial charge on any atom is 0.407 e. The van der Waals surface area contributed by atoms with E-state index in [0.717, 1.165) is 32.1 Å². The van der Waals surface area contributed by atoms with Crippen LogP contribution in [0.4, 0.5) is 4.79 Å². The average Bonchev–Trinajstić information content (AvgIpc) is 2.83. The van der Waals surface area contributed by atoms with Crippen molar-refractivity contribution in [1.29, 1.82) is 0 Å². The van der Waals surface area contributed by atoms with Crippen molar-refractivity contribution in [1.82, 2.24) is 4.90 Å². The molecule has 0 aromatic carbocycles. The summed E-state index contributed by atoms with van der Waals surface area (Å²) in [6, 6.07) is 0.